The first kappa shape index (κ1) is 16.8. The first-order valence-corrected chi connectivity index (χ1v) is 8.73. The molecule has 1 aromatic carbocycles. The Morgan fingerprint density at radius 1 is 1.21 bits per heavy atom. The van der Waals surface area contributed by atoms with Gasteiger partial charge in [0.15, 0.2) is 11.5 Å². The summed E-state index contributed by atoms with van der Waals surface area (Å²) in [6.45, 7) is 2.96. The fourth-order valence-electron chi connectivity index (χ4n) is 3.92. The van der Waals surface area contributed by atoms with E-state index >= 15 is 0 Å². The van der Waals surface area contributed by atoms with Crippen molar-refractivity contribution in [1.82, 2.24) is 5.32 Å². The van der Waals surface area contributed by atoms with Gasteiger partial charge in [-0.3, -0.25) is 9.59 Å². The predicted octanol–water partition coefficient (Wildman–Crippen LogP) is 2.72. The van der Waals surface area contributed by atoms with E-state index in [0.717, 1.165) is 18.4 Å². The van der Waals surface area contributed by atoms with Crippen LogP contribution >= 0.6 is 0 Å². The summed E-state index contributed by atoms with van der Waals surface area (Å²) >= 11 is 0. The number of hydrogen-bond donors (Lipinski definition) is 1. The van der Waals surface area contributed by atoms with E-state index < -0.39 is 0 Å². The lowest BCUT2D eigenvalue weighted by atomic mass is 9.79. The highest BCUT2D eigenvalue weighted by Gasteiger charge is 2.43. The van der Waals surface area contributed by atoms with Gasteiger partial charge in [-0.15, -0.1) is 0 Å². The maximum absolute atomic E-state index is 12.4. The minimum atomic E-state index is -0.0233. The first-order chi connectivity index (χ1) is 11.6. The lowest BCUT2D eigenvalue weighted by Gasteiger charge is -2.25. The summed E-state index contributed by atoms with van der Waals surface area (Å²) in [5.74, 6) is 2.03. The Morgan fingerprint density at radius 3 is 2.54 bits per heavy atom. The van der Waals surface area contributed by atoms with Crippen LogP contribution in [0.3, 0.4) is 0 Å². The van der Waals surface area contributed by atoms with E-state index in [1.54, 1.807) is 7.11 Å². The third-order valence-electron chi connectivity index (χ3n) is 5.17. The molecule has 3 rings (SSSR count). The van der Waals surface area contributed by atoms with Gasteiger partial charge in [-0.1, -0.05) is 6.07 Å². The SMILES string of the molecule is CCOc1ccc(CNC(=O)C2CC3CCC(C2)C3=O)cc1OC. The number of amides is 1. The number of methoxy groups -OCH3 is 1. The minimum absolute atomic E-state index is 0.0233. The van der Waals surface area contributed by atoms with Crippen LogP contribution < -0.4 is 14.8 Å². The Balaban J connectivity index is 1.57. The van der Waals surface area contributed by atoms with Gasteiger partial charge in [-0.05, 0) is 50.3 Å². The zero-order valence-electron chi connectivity index (χ0n) is 14.3. The summed E-state index contributed by atoms with van der Waals surface area (Å²) in [7, 11) is 1.61. The number of ether oxygens (including phenoxy) is 2. The molecule has 2 aliphatic rings. The van der Waals surface area contributed by atoms with E-state index in [0.29, 0.717) is 43.3 Å². The fourth-order valence-corrected chi connectivity index (χ4v) is 3.92. The molecule has 2 bridgehead atoms. The fraction of sp³-hybridized carbons (Fsp3) is 0.579. The van der Waals surface area contributed by atoms with Gasteiger partial charge in [0, 0.05) is 24.3 Å². The third-order valence-corrected chi connectivity index (χ3v) is 5.17. The number of fused-ring (bicyclic) bond motifs is 2. The molecule has 2 unspecified atom stereocenters. The van der Waals surface area contributed by atoms with E-state index in [9.17, 15) is 9.59 Å². The number of nitrogens with one attached hydrogen (secondary N) is 1. The van der Waals surface area contributed by atoms with Crippen LogP contribution in [0.4, 0.5) is 0 Å². The topological polar surface area (TPSA) is 64.6 Å². The molecule has 0 aliphatic heterocycles. The van der Waals surface area contributed by atoms with Gasteiger partial charge in [0.2, 0.25) is 5.91 Å². The zero-order chi connectivity index (χ0) is 17.1. The van der Waals surface area contributed by atoms with Crippen LogP contribution in [0.15, 0.2) is 18.2 Å². The van der Waals surface area contributed by atoms with Gasteiger partial charge in [-0.25, -0.2) is 0 Å². The Bertz CT molecular complexity index is 612. The summed E-state index contributed by atoms with van der Waals surface area (Å²) in [6, 6.07) is 5.69. The largest absolute Gasteiger partial charge is 0.493 e. The molecule has 2 atom stereocenters. The molecule has 5 heteroatoms. The van der Waals surface area contributed by atoms with Crippen molar-refractivity contribution in [2.45, 2.75) is 39.2 Å². The average molecular weight is 331 g/mol. The van der Waals surface area contributed by atoms with Crippen molar-refractivity contribution < 1.29 is 19.1 Å². The average Bonchev–Trinajstić information content (AvgIpc) is 2.81. The molecule has 2 aliphatic carbocycles. The summed E-state index contributed by atoms with van der Waals surface area (Å²) in [5.41, 5.74) is 0.971. The first-order valence-electron chi connectivity index (χ1n) is 8.73. The molecule has 130 valence electrons. The van der Waals surface area contributed by atoms with Crippen molar-refractivity contribution in [3.05, 3.63) is 23.8 Å². The van der Waals surface area contributed by atoms with Crippen LogP contribution in [-0.4, -0.2) is 25.4 Å². The van der Waals surface area contributed by atoms with Crippen LogP contribution in [0.2, 0.25) is 0 Å². The van der Waals surface area contributed by atoms with Crippen LogP contribution in [0.1, 0.15) is 38.2 Å². The highest BCUT2D eigenvalue weighted by atomic mass is 16.5. The van der Waals surface area contributed by atoms with Crippen molar-refractivity contribution in [2.24, 2.45) is 17.8 Å². The summed E-state index contributed by atoms with van der Waals surface area (Å²) < 4.78 is 10.8. The van der Waals surface area contributed by atoms with Crippen molar-refractivity contribution in [2.75, 3.05) is 13.7 Å². The molecule has 1 N–H and O–H groups in total. The molecule has 24 heavy (non-hydrogen) atoms. The molecule has 0 radical (unpaired) electrons. The van der Waals surface area contributed by atoms with E-state index in [1.807, 2.05) is 25.1 Å². The lowest BCUT2D eigenvalue weighted by molar-refractivity contribution is -0.132. The maximum Gasteiger partial charge on any atom is 0.223 e. The second-order valence-electron chi connectivity index (χ2n) is 6.68. The van der Waals surface area contributed by atoms with Crippen molar-refractivity contribution in [3.8, 4) is 11.5 Å². The molecule has 5 nitrogen and oxygen atoms in total. The Hall–Kier alpha value is -2.04. The third kappa shape index (κ3) is 3.40. The van der Waals surface area contributed by atoms with Gasteiger partial charge in [-0.2, -0.15) is 0 Å². The molecular weight excluding hydrogens is 306 g/mol. The zero-order valence-corrected chi connectivity index (χ0v) is 14.3. The van der Waals surface area contributed by atoms with Gasteiger partial charge >= 0.3 is 0 Å². The molecule has 1 aromatic rings. The molecular formula is C19H25NO4. The van der Waals surface area contributed by atoms with Crippen molar-refractivity contribution in [3.63, 3.8) is 0 Å². The van der Waals surface area contributed by atoms with E-state index in [1.165, 1.54) is 0 Å². The summed E-state index contributed by atoms with van der Waals surface area (Å²) in [4.78, 5) is 24.4. The molecule has 0 saturated heterocycles. The van der Waals surface area contributed by atoms with E-state index in [-0.39, 0.29) is 23.7 Å². The second-order valence-corrected chi connectivity index (χ2v) is 6.68. The number of Topliss-reactive ketones (excluding diaryl/α,β-unsaturated/α-hetero) is 1. The highest BCUT2D eigenvalue weighted by molar-refractivity contribution is 5.89. The summed E-state index contributed by atoms with van der Waals surface area (Å²) in [5, 5.41) is 3.01. The Kier molecular flexibility index (Phi) is 5.07. The van der Waals surface area contributed by atoms with Gasteiger partial charge < -0.3 is 14.8 Å². The number of carbonyl (C=O) groups excluding carboxylic acids is 2. The van der Waals surface area contributed by atoms with Crippen molar-refractivity contribution in [1.29, 1.82) is 0 Å². The predicted molar refractivity (Wildman–Crippen MR) is 90.0 cm³/mol. The minimum Gasteiger partial charge on any atom is -0.493 e. The molecule has 1 amide bonds. The van der Waals surface area contributed by atoms with Gasteiger partial charge in [0.25, 0.3) is 0 Å². The Morgan fingerprint density at radius 2 is 1.92 bits per heavy atom. The number of carbonyl (C=O) groups is 2. The van der Waals surface area contributed by atoms with Crippen molar-refractivity contribution >= 4 is 11.7 Å². The number of benzene rings is 1. The monoisotopic (exact) mass is 331 g/mol. The summed E-state index contributed by atoms with van der Waals surface area (Å²) in [6.07, 6.45) is 3.36. The molecule has 2 saturated carbocycles. The highest BCUT2D eigenvalue weighted by Crippen LogP contribution is 2.42. The van der Waals surface area contributed by atoms with Crippen LogP contribution in [0.25, 0.3) is 0 Å². The smallest absolute Gasteiger partial charge is 0.223 e. The van der Waals surface area contributed by atoms with Crippen LogP contribution in [0.5, 0.6) is 11.5 Å². The number of hydrogen-bond acceptors (Lipinski definition) is 4. The maximum atomic E-state index is 12.4. The van der Waals surface area contributed by atoms with E-state index in [2.05, 4.69) is 5.32 Å². The quantitative estimate of drug-likeness (QED) is 0.870. The van der Waals surface area contributed by atoms with Crippen LogP contribution in [0, 0.1) is 17.8 Å². The lowest BCUT2D eigenvalue weighted by Crippen LogP contribution is -2.37. The molecule has 0 spiro atoms. The Labute approximate surface area is 142 Å². The van der Waals surface area contributed by atoms with E-state index in [4.69, 9.17) is 9.47 Å². The standard InChI is InChI=1S/C19H25NO4/c1-3-24-16-7-4-12(8-17(16)23-2)11-20-19(22)15-9-13-5-6-14(10-15)18(13)21/h4,7-8,13-15H,3,5-6,9-11H2,1-2H3,(H,20,22). The number of rotatable bonds is 6. The molecule has 0 aromatic heterocycles. The molecule has 0 heterocycles. The second kappa shape index (κ2) is 7.24. The van der Waals surface area contributed by atoms with Gasteiger partial charge in [0.05, 0.1) is 13.7 Å². The number of ketones is 1. The van der Waals surface area contributed by atoms with Gasteiger partial charge in [0.1, 0.15) is 5.78 Å². The van der Waals surface area contributed by atoms with Crippen LogP contribution in [-0.2, 0) is 16.1 Å². The molecule has 2 fully saturated rings. The normalized spacial score (nSPS) is 25.4.